The zero-order chi connectivity index (χ0) is 22.5. The third kappa shape index (κ3) is 4.98. The molecule has 0 radical (unpaired) electrons. The second kappa shape index (κ2) is 9.54. The molecular formula is C20H24N4O7. The monoisotopic (exact) mass is 432 g/mol. The minimum atomic E-state index is -0.733. The minimum absolute atomic E-state index is 0.0401. The van der Waals surface area contributed by atoms with Gasteiger partial charge in [0.1, 0.15) is 6.54 Å². The number of ether oxygens (including phenoxy) is 1. The summed E-state index contributed by atoms with van der Waals surface area (Å²) in [6.07, 6.45) is 2.44. The zero-order valence-electron chi connectivity index (χ0n) is 17.2. The number of carbonyl (C=O) groups excluding carboxylic acids is 4. The Morgan fingerprint density at radius 3 is 2.52 bits per heavy atom. The highest BCUT2D eigenvalue weighted by Gasteiger charge is 2.38. The molecule has 2 aliphatic heterocycles. The molecule has 0 aliphatic carbocycles. The van der Waals surface area contributed by atoms with E-state index in [1.165, 1.54) is 6.07 Å². The van der Waals surface area contributed by atoms with Crippen LogP contribution in [0, 0.1) is 10.1 Å². The molecule has 166 valence electrons. The van der Waals surface area contributed by atoms with Gasteiger partial charge in [0, 0.05) is 31.3 Å². The second-order valence-corrected chi connectivity index (χ2v) is 7.48. The van der Waals surface area contributed by atoms with Gasteiger partial charge in [-0.05, 0) is 25.3 Å². The summed E-state index contributed by atoms with van der Waals surface area (Å²) in [4.78, 5) is 61.9. The van der Waals surface area contributed by atoms with Crippen LogP contribution in [0.4, 0.5) is 10.5 Å². The van der Waals surface area contributed by atoms with Crippen LogP contribution in [0.15, 0.2) is 18.2 Å². The lowest BCUT2D eigenvalue weighted by atomic mass is 10.1. The van der Waals surface area contributed by atoms with Gasteiger partial charge in [0.25, 0.3) is 17.5 Å². The maximum Gasteiger partial charge on any atom is 0.409 e. The minimum Gasteiger partial charge on any atom is -0.449 e. The van der Waals surface area contributed by atoms with Crippen LogP contribution >= 0.6 is 0 Å². The first kappa shape index (κ1) is 22.2. The molecule has 0 spiro atoms. The summed E-state index contributed by atoms with van der Waals surface area (Å²) >= 11 is 0. The van der Waals surface area contributed by atoms with Crippen molar-refractivity contribution in [2.45, 2.75) is 38.6 Å². The average Bonchev–Trinajstić information content (AvgIpc) is 2.98. The lowest BCUT2D eigenvalue weighted by Crippen LogP contribution is -2.49. The van der Waals surface area contributed by atoms with E-state index in [1.807, 2.05) is 6.92 Å². The third-order valence-corrected chi connectivity index (χ3v) is 5.31. The first-order chi connectivity index (χ1) is 14.8. The maximum atomic E-state index is 12.5. The Balaban J connectivity index is 1.50. The molecule has 1 N–H and O–H groups in total. The van der Waals surface area contributed by atoms with Crippen LogP contribution in [0.1, 0.15) is 53.3 Å². The fourth-order valence-electron chi connectivity index (χ4n) is 3.55. The highest BCUT2D eigenvalue weighted by Crippen LogP contribution is 2.26. The van der Waals surface area contributed by atoms with Crippen LogP contribution in [0.2, 0.25) is 0 Å². The van der Waals surface area contributed by atoms with Crippen molar-refractivity contribution in [3.05, 3.63) is 39.4 Å². The summed E-state index contributed by atoms with van der Waals surface area (Å²) in [6.45, 7) is 2.79. The number of nitrogens with zero attached hydrogens (tertiary/aromatic N) is 3. The summed E-state index contributed by atoms with van der Waals surface area (Å²) in [6, 6.07) is 3.22. The largest absolute Gasteiger partial charge is 0.449 e. The fraction of sp³-hybridized carbons (Fsp3) is 0.500. The van der Waals surface area contributed by atoms with E-state index in [0.717, 1.165) is 29.9 Å². The second-order valence-electron chi connectivity index (χ2n) is 7.48. The maximum absolute atomic E-state index is 12.5. The van der Waals surface area contributed by atoms with Gasteiger partial charge in [-0.15, -0.1) is 0 Å². The number of hydrogen-bond donors (Lipinski definition) is 1. The summed E-state index contributed by atoms with van der Waals surface area (Å²) < 4.78 is 5.18. The van der Waals surface area contributed by atoms with E-state index < -0.39 is 29.2 Å². The van der Waals surface area contributed by atoms with Crippen LogP contribution < -0.4 is 5.32 Å². The number of rotatable bonds is 7. The molecular weight excluding hydrogens is 408 g/mol. The van der Waals surface area contributed by atoms with Crippen LogP contribution in [-0.4, -0.2) is 70.8 Å². The number of likely N-dealkylation sites (tertiary alicyclic amines) is 1. The SMILES string of the molecule is CCCCOC(=O)N1CCC(NC(=O)CN2C(=O)c3ccc([N+](=O)[O-])cc3C2=O)CC1. The van der Waals surface area contributed by atoms with Crippen LogP contribution in [-0.2, 0) is 9.53 Å². The number of nitro benzene ring substituents is 1. The molecule has 11 nitrogen and oxygen atoms in total. The van der Waals surface area contributed by atoms with Crippen molar-refractivity contribution in [3.63, 3.8) is 0 Å². The third-order valence-electron chi connectivity index (χ3n) is 5.31. The van der Waals surface area contributed by atoms with Crippen molar-refractivity contribution in [1.82, 2.24) is 15.1 Å². The van der Waals surface area contributed by atoms with Gasteiger partial charge in [-0.2, -0.15) is 0 Å². The number of amides is 4. The number of benzene rings is 1. The van der Waals surface area contributed by atoms with Crippen molar-refractivity contribution < 1.29 is 28.8 Å². The number of fused-ring (bicyclic) bond motifs is 1. The van der Waals surface area contributed by atoms with E-state index in [0.29, 0.717) is 32.5 Å². The zero-order valence-corrected chi connectivity index (χ0v) is 17.2. The van der Waals surface area contributed by atoms with E-state index in [4.69, 9.17) is 4.74 Å². The van der Waals surface area contributed by atoms with Crippen LogP contribution in [0.3, 0.4) is 0 Å². The van der Waals surface area contributed by atoms with Crippen molar-refractivity contribution in [1.29, 1.82) is 0 Å². The molecule has 4 amide bonds. The van der Waals surface area contributed by atoms with Crippen LogP contribution in [0.5, 0.6) is 0 Å². The van der Waals surface area contributed by atoms with Crippen molar-refractivity contribution >= 4 is 29.5 Å². The quantitative estimate of drug-likeness (QED) is 0.299. The lowest BCUT2D eigenvalue weighted by molar-refractivity contribution is -0.384. The van der Waals surface area contributed by atoms with E-state index in [2.05, 4.69) is 5.32 Å². The summed E-state index contributed by atoms with van der Waals surface area (Å²) in [5.74, 6) is -1.90. The molecule has 1 saturated heterocycles. The molecule has 0 unspecified atom stereocenters. The van der Waals surface area contributed by atoms with E-state index in [-0.39, 0.29) is 28.9 Å². The van der Waals surface area contributed by atoms with Gasteiger partial charge in [0.05, 0.1) is 22.7 Å². The predicted octanol–water partition coefficient (Wildman–Crippen LogP) is 1.71. The normalized spacial score (nSPS) is 16.3. The average molecular weight is 432 g/mol. The van der Waals surface area contributed by atoms with Crippen molar-refractivity contribution in [3.8, 4) is 0 Å². The molecule has 1 fully saturated rings. The molecule has 0 aromatic heterocycles. The summed E-state index contributed by atoms with van der Waals surface area (Å²) in [7, 11) is 0. The van der Waals surface area contributed by atoms with Crippen molar-refractivity contribution in [2.24, 2.45) is 0 Å². The molecule has 1 aromatic carbocycles. The Morgan fingerprint density at radius 1 is 1.19 bits per heavy atom. The molecule has 0 atom stereocenters. The summed E-state index contributed by atoms with van der Waals surface area (Å²) in [5.41, 5.74) is -0.341. The standard InChI is InChI=1S/C20H24N4O7/c1-2-3-10-31-20(28)22-8-6-13(7-9-22)21-17(25)12-23-18(26)15-5-4-14(24(29)30)11-16(15)19(23)27/h4-5,11,13H,2-3,6-10,12H2,1H3,(H,21,25). The van der Waals surface area contributed by atoms with Gasteiger partial charge in [-0.3, -0.25) is 29.4 Å². The van der Waals surface area contributed by atoms with Gasteiger partial charge < -0.3 is 15.0 Å². The highest BCUT2D eigenvalue weighted by atomic mass is 16.6. The molecule has 3 rings (SSSR count). The molecule has 1 aromatic rings. The molecule has 2 aliphatic rings. The smallest absolute Gasteiger partial charge is 0.409 e. The Hall–Kier alpha value is -3.50. The Kier molecular flexibility index (Phi) is 6.83. The van der Waals surface area contributed by atoms with Crippen LogP contribution in [0.25, 0.3) is 0 Å². The number of hydrogen-bond acceptors (Lipinski definition) is 7. The Bertz CT molecular complexity index is 909. The topological polar surface area (TPSA) is 139 Å². The number of unbranched alkanes of at least 4 members (excludes halogenated alkanes) is 1. The lowest BCUT2D eigenvalue weighted by Gasteiger charge is -2.32. The molecule has 0 bridgehead atoms. The molecule has 31 heavy (non-hydrogen) atoms. The van der Waals surface area contributed by atoms with Gasteiger partial charge in [0.15, 0.2) is 0 Å². The number of non-ortho nitro benzene ring substituents is 1. The van der Waals surface area contributed by atoms with E-state index in [9.17, 15) is 29.3 Å². The predicted molar refractivity (Wildman–Crippen MR) is 107 cm³/mol. The number of nitro groups is 1. The molecule has 11 heteroatoms. The fourth-order valence-corrected chi connectivity index (χ4v) is 3.55. The van der Waals surface area contributed by atoms with E-state index in [1.54, 1.807) is 4.90 Å². The number of imide groups is 1. The number of carbonyl (C=O) groups is 4. The Labute approximate surface area is 178 Å². The molecule has 0 saturated carbocycles. The first-order valence-corrected chi connectivity index (χ1v) is 10.2. The number of nitrogens with one attached hydrogen (secondary N) is 1. The van der Waals surface area contributed by atoms with Crippen molar-refractivity contribution in [2.75, 3.05) is 26.2 Å². The Morgan fingerprint density at radius 2 is 1.87 bits per heavy atom. The van der Waals surface area contributed by atoms with Gasteiger partial charge in [-0.25, -0.2) is 4.79 Å². The number of piperidine rings is 1. The van der Waals surface area contributed by atoms with E-state index >= 15 is 0 Å². The molecule has 2 heterocycles. The van der Waals surface area contributed by atoms with Gasteiger partial charge in [-0.1, -0.05) is 13.3 Å². The summed E-state index contributed by atoms with van der Waals surface area (Å²) in [5, 5.41) is 13.7. The first-order valence-electron chi connectivity index (χ1n) is 10.2. The van der Waals surface area contributed by atoms with Gasteiger partial charge >= 0.3 is 6.09 Å². The highest BCUT2D eigenvalue weighted by molar-refractivity contribution is 6.22. The van der Waals surface area contributed by atoms with Gasteiger partial charge in [0.2, 0.25) is 5.91 Å².